The van der Waals surface area contributed by atoms with Crippen LogP contribution in [0.15, 0.2) is 0 Å². The number of hydrogen-bond donors (Lipinski definition) is 0. The zero-order valence-electron chi connectivity index (χ0n) is 6.69. The Morgan fingerprint density at radius 3 is 2.36 bits per heavy atom. The molecular formula is C7H12F2O2. The first-order valence-electron chi connectivity index (χ1n) is 3.52. The molecule has 0 rings (SSSR count). The second-order valence-electron chi connectivity index (χ2n) is 2.17. The highest BCUT2D eigenvalue weighted by Crippen LogP contribution is 2.18. The molecule has 11 heavy (non-hydrogen) atoms. The number of halogens is 2. The van der Waals surface area contributed by atoms with Crippen LogP contribution in [-0.4, -0.2) is 24.9 Å². The Hall–Kier alpha value is -0.670. The van der Waals surface area contributed by atoms with Crippen LogP contribution >= 0.6 is 0 Å². The van der Waals surface area contributed by atoms with Crippen molar-refractivity contribution < 1.29 is 18.3 Å². The van der Waals surface area contributed by atoms with Crippen molar-refractivity contribution in [2.45, 2.75) is 25.9 Å². The summed E-state index contributed by atoms with van der Waals surface area (Å²) in [6.45, 7) is 1.70. The largest absolute Gasteiger partial charge is 0.464 e. The van der Waals surface area contributed by atoms with Crippen molar-refractivity contribution in [2.75, 3.05) is 13.3 Å². The van der Waals surface area contributed by atoms with Crippen molar-refractivity contribution in [3.05, 3.63) is 0 Å². The second-order valence-corrected chi connectivity index (χ2v) is 2.17. The van der Waals surface area contributed by atoms with E-state index in [1.165, 1.54) is 6.92 Å². The lowest BCUT2D eigenvalue weighted by molar-refractivity contribution is -0.158. The molecule has 1 unspecified atom stereocenters. The van der Waals surface area contributed by atoms with Crippen LogP contribution in [-0.2, 0) is 9.53 Å². The smallest absolute Gasteiger partial charge is 0.346 e. The first-order valence-corrected chi connectivity index (χ1v) is 3.52. The predicted octanol–water partition coefficient (Wildman–Crippen LogP) is 1.64. The van der Waals surface area contributed by atoms with Gasteiger partial charge >= 0.3 is 5.97 Å². The van der Waals surface area contributed by atoms with E-state index in [9.17, 15) is 13.6 Å². The van der Waals surface area contributed by atoms with Gasteiger partial charge in [-0.3, -0.25) is 0 Å². The van der Waals surface area contributed by atoms with E-state index in [-0.39, 0.29) is 13.0 Å². The number of esters is 1. The summed E-state index contributed by atoms with van der Waals surface area (Å²) in [7, 11) is 0. The Labute approximate surface area is 64.5 Å². The van der Waals surface area contributed by atoms with Crippen LogP contribution in [0.25, 0.3) is 0 Å². The summed E-state index contributed by atoms with van der Waals surface area (Å²) in [5.41, 5.74) is -2.43. The molecule has 0 amide bonds. The summed E-state index contributed by atoms with van der Waals surface area (Å²) in [6.07, 6.45) is -0.192. The van der Waals surface area contributed by atoms with Crippen molar-refractivity contribution in [1.29, 1.82) is 0 Å². The zero-order chi connectivity index (χ0) is 8.91. The molecule has 0 saturated heterocycles. The average molecular weight is 166 g/mol. The third-order valence-electron chi connectivity index (χ3n) is 1.41. The van der Waals surface area contributed by atoms with E-state index >= 15 is 0 Å². The van der Waals surface area contributed by atoms with Crippen LogP contribution in [0.4, 0.5) is 8.78 Å². The summed E-state index contributed by atoms with van der Waals surface area (Å²) in [5.74, 6) is -1.11. The summed E-state index contributed by atoms with van der Waals surface area (Å²) in [5, 5.41) is 0. The van der Waals surface area contributed by atoms with Crippen LogP contribution in [0.3, 0.4) is 0 Å². The molecule has 0 saturated carbocycles. The van der Waals surface area contributed by atoms with Crippen LogP contribution < -0.4 is 0 Å². The number of alkyl halides is 2. The molecule has 1 atom stereocenters. The number of carbonyl (C=O) groups excluding carboxylic acids is 1. The van der Waals surface area contributed by atoms with Gasteiger partial charge in [-0.05, 0) is 13.3 Å². The maximum atomic E-state index is 13.0. The Morgan fingerprint density at radius 1 is 1.55 bits per heavy atom. The molecule has 0 aliphatic heterocycles. The highest BCUT2D eigenvalue weighted by molar-refractivity contribution is 5.79. The highest BCUT2D eigenvalue weighted by Gasteiger charge is 2.38. The van der Waals surface area contributed by atoms with Crippen LogP contribution in [0, 0.1) is 0 Å². The topological polar surface area (TPSA) is 26.3 Å². The molecule has 0 aliphatic rings. The molecule has 0 bridgehead atoms. The van der Waals surface area contributed by atoms with Gasteiger partial charge in [-0.2, -0.15) is 0 Å². The van der Waals surface area contributed by atoms with E-state index in [1.807, 2.05) is 0 Å². The third-order valence-corrected chi connectivity index (χ3v) is 1.41. The zero-order valence-corrected chi connectivity index (χ0v) is 6.69. The standard InChI is InChI=1S/C7H12F2O2/c1-3-7(9,5-8)6(10)11-4-2/h3-5H2,1-2H3. The normalized spacial score (nSPS) is 15.6. The van der Waals surface area contributed by atoms with Crippen molar-refractivity contribution in [2.24, 2.45) is 0 Å². The lowest BCUT2D eigenvalue weighted by Crippen LogP contribution is -2.37. The van der Waals surface area contributed by atoms with Gasteiger partial charge in [0, 0.05) is 0 Å². The Morgan fingerprint density at radius 2 is 2.09 bits per heavy atom. The minimum absolute atomic E-state index is 0.0739. The fourth-order valence-electron chi connectivity index (χ4n) is 0.554. The van der Waals surface area contributed by atoms with Crippen molar-refractivity contribution in [3.63, 3.8) is 0 Å². The molecular weight excluding hydrogens is 154 g/mol. The van der Waals surface area contributed by atoms with Crippen molar-refractivity contribution in [3.8, 4) is 0 Å². The van der Waals surface area contributed by atoms with Gasteiger partial charge in [-0.1, -0.05) is 6.92 Å². The van der Waals surface area contributed by atoms with Gasteiger partial charge in [0.15, 0.2) is 0 Å². The van der Waals surface area contributed by atoms with E-state index in [0.717, 1.165) is 0 Å². The number of rotatable bonds is 4. The highest BCUT2D eigenvalue weighted by atomic mass is 19.2. The fraction of sp³-hybridized carbons (Fsp3) is 0.857. The summed E-state index contributed by atoms with van der Waals surface area (Å²) in [4.78, 5) is 10.7. The SMILES string of the molecule is CCOC(=O)C(F)(CC)CF. The molecule has 2 nitrogen and oxygen atoms in total. The van der Waals surface area contributed by atoms with E-state index in [2.05, 4.69) is 4.74 Å². The Kier molecular flexibility index (Phi) is 4.00. The van der Waals surface area contributed by atoms with Crippen LogP contribution in [0.5, 0.6) is 0 Å². The molecule has 0 aromatic rings. The van der Waals surface area contributed by atoms with Crippen LogP contribution in [0.1, 0.15) is 20.3 Å². The first kappa shape index (κ1) is 10.3. The first-order chi connectivity index (χ1) is 5.10. The lowest BCUT2D eigenvalue weighted by atomic mass is 10.1. The van der Waals surface area contributed by atoms with Crippen LogP contribution in [0.2, 0.25) is 0 Å². The quantitative estimate of drug-likeness (QED) is 0.593. The van der Waals surface area contributed by atoms with E-state index in [0.29, 0.717) is 0 Å². The van der Waals surface area contributed by atoms with E-state index < -0.39 is 18.3 Å². The predicted molar refractivity (Wildman–Crippen MR) is 36.7 cm³/mol. The molecule has 0 aromatic heterocycles. The molecule has 66 valence electrons. The van der Waals surface area contributed by atoms with Gasteiger partial charge in [0.05, 0.1) is 6.61 Å². The maximum Gasteiger partial charge on any atom is 0.346 e. The molecule has 0 spiro atoms. The van der Waals surface area contributed by atoms with Crippen molar-refractivity contribution in [1.82, 2.24) is 0 Å². The van der Waals surface area contributed by atoms with E-state index in [4.69, 9.17) is 0 Å². The molecule has 0 heterocycles. The Balaban J connectivity index is 4.12. The molecule has 0 aliphatic carbocycles. The lowest BCUT2D eigenvalue weighted by Gasteiger charge is -2.16. The Bertz CT molecular complexity index is 132. The monoisotopic (exact) mass is 166 g/mol. The third kappa shape index (κ3) is 2.44. The summed E-state index contributed by atoms with van der Waals surface area (Å²) >= 11 is 0. The van der Waals surface area contributed by atoms with E-state index in [1.54, 1.807) is 6.92 Å². The minimum Gasteiger partial charge on any atom is -0.464 e. The molecule has 4 heteroatoms. The molecule has 0 aromatic carbocycles. The van der Waals surface area contributed by atoms with Crippen molar-refractivity contribution >= 4 is 5.97 Å². The molecule has 0 N–H and O–H groups in total. The summed E-state index contributed by atoms with van der Waals surface area (Å²) in [6, 6.07) is 0. The molecule has 0 fully saturated rings. The number of ether oxygens (including phenoxy) is 1. The van der Waals surface area contributed by atoms with Gasteiger partial charge in [-0.15, -0.1) is 0 Å². The average Bonchev–Trinajstić information content (AvgIpc) is 2.03. The van der Waals surface area contributed by atoms with Gasteiger partial charge in [-0.25, -0.2) is 13.6 Å². The molecule has 0 radical (unpaired) electrons. The fourth-order valence-corrected chi connectivity index (χ4v) is 0.554. The van der Waals surface area contributed by atoms with Gasteiger partial charge in [0.1, 0.15) is 6.67 Å². The maximum absolute atomic E-state index is 13.0. The minimum atomic E-state index is -2.43. The second kappa shape index (κ2) is 4.26. The van der Waals surface area contributed by atoms with Gasteiger partial charge < -0.3 is 4.74 Å². The van der Waals surface area contributed by atoms with Gasteiger partial charge in [0.2, 0.25) is 5.67 Å². The number of hydrogen-bond acceptors (Lipinski definition) is 2. The summed E-state index contributed by atoms with van der Waals surface area (Å²) < 4.78 is 29.3. The van der Waals surface area contributed by atoms with Gasteiger partial charge in [0.25, 0.3) is 0 Å². The number of carbonyl (C=O) groups is 1.